The van der Waals surface area contributed by atoms with Gasteiger partial charge in [-0.15, -0.1) is 0 Å². The summed E-state index contributed by atoms with van der Waals surface area (Å²) in [4.78, 5) is 10.8. The number of aryl methyl sites for hydroxylation is 1. The van der Waals surface area contributed by atoms with Gasteiger partial charge in [0.25, 0.3) is 0 Å². The van der Waals surface area contributed by atoms with Crippen LogP contribution in [-0.2, 0) is 0 Å². The van der Waals surface area contributed by atoms with E-state index in [4.69, 9.17) is 5.11 Å². The van der Waals surface area contributed by atoms with Gasteiger partial charge in [-0.05, 0) is 55.0 Å². The van der Waals surface area contributed by atoms with E-state index in [1.807, 2.05) is 24.8 Å². The van der Waals surface area contributed by atoms with Gasteiger partial charge in [0.05, 0.1) is 5.56 Å². The van der Waals surface area contributed by atoms with Crippen LogP contribution in [0.25, 0.3) is 0 Å². The fraction of sp³-hybridized carbons (Fsp3) is 0.462. The van der Waals surface area contributed by atoms with E-state index in [-0.39, 0.29) is 0 Å². The molecule has 1 fully saturated rings. The second kappa shape index (κ2) is 5.45. The molecule has 3 nitrogen and oxygen atoms in total. The number of carbonyl (C=O) groups is 1. The number of hydrogen-bond acceptors (Lipinski definition) is 3. The molecule has 1 aliphatic rings. The number of benzene rings is 1. The lowest BCUT2D eigenvalue weighted by Gasteiger charge is -2.24. The lowest BCUT2D eigenvalue weighted by atomic mass is 10.1. The normalized spacial score (nSPS) is 16.8. The van der Waals surface area contributed by atoms with Gasteiger partial charge in [-0.3, -0.25) is 0 Å². The van der Waals surface area contributed by atoms with Crippen molar-refractivity contribution >= 4 is 23.4 Å². The molecule has 1 heterocycles. The zero-order chi connectivity index (χ0) is 12.3. The number of anilines is 1. The molecule has 1 saturated heterocycles. The van der Waals surface area contributed by atoms with E-state index in [0.717, 1.165) is 11.3 Å². The molecular weight excluding hydrogens is 234 g/mol. The Morgan fingerprint density at radius 2 is 2.12 bits per heavy atom. The Balaban J connectivity index is 2.08. The molecule has 0 bridgehead atoms. The van der Waals surface area contributed by atoms with E-state index in [1.54, 1.807) is 12.1 Å². The Hall–Kier alpha value is -1.16. The van der Waals surface area contributed by atoms with E-state index in [2.05, 4.69) is 5.32 Å². The summed E-state index contributed by atoms with van der Waals surface area (Å²) in [5.41, 5.74) is 2.42. The van der Waals surface area contributed by atoms with Gasteiger partial charge in [-0.2, -0.15) is 11.8 Å². The third-order valence-corrected chi connectivity index (χ3v) is 4.10. The van der Waals surface area contributed by atoms with E-state index in [9.17, 15) is 4.79 Å². The number of hydrogen-bond donors (Lipinski definition) is 2. The third-order valence-electron chi connectivity index (χ3n) is 3.05. The maximum absolute atomic E-state index is 10.8. The topological polar surface area (TPSA) is 49.3 Å². The van der Waals surface area contributed by atoms with Crippen LogP contribution in [0.15, 0.2) is 18.2 Å². The summed E-state index contributed by atoms with van der Waals surface area (Å²) < 4.78 is 0. The predicted molar refractivity (Wildman–Crippen MR) is 72.1 cm³/mol. The van der Waals surface area contributed by atoms with Gasteiger partial charge in [0.2, 0.25) is 0 Å². The van der Waals surface area contributed by atoms with Crippen LogP contribution in [0.2, 0.25) is 0 Å². The van der Waals surface area contributed by atoms with Crippen molar-refractivity contribution in [3.63, 3.8) is 0 Å². The molecule has 0 radical (unpaired) electrons. The van der Waals surface area contributed by atoms with Gasteiger partial charge in [-0.25, -0.2) is 4.79 Å². The minimum atomic E-state index is -0.867. The molecule has 4 heteroatoms. The zero-order valence-electron chi connectivity index (χ0n) is 9.90. The minimum Gasteiger partial charge on any atom is -0.478 e. The fourth-order valence-electron chi connectivity index (χ4n) is 2.02. The van der Waals surface area contributed by atoms with Gasteiger partial charge in [0.1, 0.15) is 0 Å². The molecule has 17 heavy (non-hydrogen) atoms. The highest BCUT2D eigenvalue weighted by Gasteiger charge is 2.14. The first-order valence-corrected chi connectivity index (χ1v) is 7.00. The highest BCUT2D eigenvalue weighted by molar-refractivity contribution is 7.99. The maximum Gasteiger partial charge on any atom is 0.335 e. The van der Waals surface area contributed by atoms with Crippen LogP contribution < -0.4 is 5.32 Å². The molecule has 1 aromatic rings. The first-order chi connectivity index (χ1) is 8.16. The Bertz CT molecular complexity index is 414. The number of rotatable bonds is 3. The smallest absolute Gasteiger partial charge is 0.335 e. The van der Waals surface area contributed by atoms with Crippen LogP contribution >= 0.6 is 11.8 Å². The maximum atomic E-state index is 10.8. The quantitative estimate of drug-likeness (QED) is 0.867. The van der Waals surface area contributed by atoms with Crippen molar-refractivity contribution in [1.29, 1.82) is 0 Å². The van der Waals surface area contributed by atoms with Crippen molar-refractivity contribution in [2.45, 2.75) is 25.8 Å². The number of carboxylic acids is 1. The van der Waals surface area contributed by atoms with Crippen LogP contribution in [0.3, 0.4) is 0 Å². The summed E-state index contributed by atoms with van der Waals surface area (Å²) in [6.45, 7) is 1.95. The summed E-state index contributed by atoms with van der Waals surface area (Å²) in [6.07, 6.45) is 2.37. The Morgan fingerprint density at radius 3 is 2.71 bits per heavy atom. The van der Waals surface area contributed by atoms with Crippen LogP contribution in [0, 0.1) is 6.92 Å². The van der Waals surface area contributed by atoms with Gasteiger partial charge in [0, 0.05) is 11.7 Å². The largest absolute Gasteiger partial charge is 0.478 e. The molecule has 0 amide bonds. The molecule has 92 valence electrons. The molecule has 0 spiro atoms. The van der Waals surface area contributed by atoms with Gasteiger partial charge >= 0.3 is 5.97 Å². The molecule has 1 aliphatic heterocycles. The van der Waals surface area contributed by atoms with Crippen molar-refractivity contribution in [3.05, 3.63) is 29.3 Å². The van der Waals surface area contributed by atoms with Gasteiger partial charge in [-0.1, -0.05) is 0 Å². The minimum absolute atomic E-state index is 0.354. The van der Waals surface area contributed by atoms with E-state index in [1.165, 1.54) is 24.3 Å². The van der Waals surface area contributed by atoms with Crippen molar-refractivity contribution in [2.24, 2.45) is 0 Å². The third kappa shape index (κ3) is 3.16. The summed E-state index contributed by atoms with van der Waals surface area (Å²) >= 11 is 2.00. The SMILES string of the molecule is Cc1cc(C(=O)O)ccc1NC1CCSCC1. The average Bonchev–Trinajstić information content (AvgIpc) is 2.33. The van der Waals surface area contributed by atoms with E-state index < -0.39 is 5.97 Å². The molecule has 0 saturated carbocycles. The molecule has 0 atom stereocenters. The second-order valence-electron chi connectivity index (χ2n) is 4.37. The molecular formula is C13H17NO2S. The highest BCUT2D eigenvalue weighted by Crippen LogP contribution is 2.23. The van der Waals surface area contributed by atoms with Crippen molar-refractivity contribution in [1.82, 2.24) is 0 Å². The zero-order valence-corrected chi connectivity index (χ0v) is 10.7. The summed E-state index contributed by atoms with van der Waals surface area (Å²) in [7, 11) is 0. The molecule has 1 aromatic carbocycles. The Labute approximate surface area is 106 Å². The first-order valence-electron chi connectivity index (χ1n) is 5.85. The predicted octanol–water partition coefficient (Wildman–Crippen LogP) is 3.00. The molecule has 0 unspecified atom stereocenters. The van der Waals surface area contributed by atoms with Crippen LogP contribution in [0.1, 0.15) is 28.8 Å². The standard InChI is InChI=1S/C13H17NO2S/c1-9-8-10(13(15)16)2-3-12(9)14-11-4-6-17-7-5-11/h2-3,8,11,14H,4-7H2,1H3,(H,15,16). The lowest BCUT2D eigenvalue weighted by Crippen LogP contribution is -2.24. The molecule has 0 aliphatic carbocycles. The fourth-order valence-corrected chi connectivity index (χ4v) is 3.13. The lowest BCUT2D eigenvalue weighted by molar-refractivity contribution is 0.0697. The Morgan fingerprint density at radius 1 is 1.41 bits per heavy atom. The van der Waals surface area contributed by atoms with Crippen molar-refractivity contribution in [3.8, 4) is 0 Å². The number of nitrogens with one attached hydrogen (secondary N) is 1. The highest BCUT2D eigenvalue weighted by atomic mass is 32.2. The number of aromatic carboxylic acids is 1. The van der Waals surface area contributed by atoms with Crippen LogP contribution in [0.5, 0.6) is 0 Å². The van der Waals surface area contributed by atoms with E-state index >= 15 is 0 Å². The van der Waals surface area contributed by atoms with Crippen LogP contribution in [-0.4, -0.2) is 28.6 Å². The Kier molecular flexibility index (Phi) is 3.94. The van der Waals surface area contributed by atoms with Gasteiger partial charge in [0.15, 0.2) is 0 Å². The summed E-state index contributed by atoms with van der Waals surface area (Å²) in [5.74, 6) is 1.56. The van der Waals surface area contributed by atoms with Crippen molar-refractivity contribution < 1.29 is 9.90 Å². The monoisotopic (exact) mass is 251 g/mol. The second-order valence-corrected chi connectivity index (χ2v) is 5.59. The van der Waals surface area contributed by atoms with Crippen molar-refractivity contribution in [2.75, 3.05) is 16.8 Å². The number of thioether (sulfide) groups is 1. The first kappa shape index (κ1) is 12.3. The average molecular weight is 251 g/mol. The summed E-state index contributed by atoms with van der Waals surface area (Å²) in [5, 5.41) is 12.4. The molecule has 2 N–H and O–H groups in total. The summed E-state index contributed by atoms with van der Waals surface area (Å²) in [6, 6.07) is 5.79. The molecule has 0 aromatic heterocycles. The van der Waals surface area contributed by atoms with Crippen LogP contribution in [0.4, 0.5) is 5.69 Å². The number of carboxylic acid groups (broad SMARTS) is 1. The van der Waals surface area contributed by atoms with E-state index in [0.29, 0.717) is 11.6 Å². The molecule has 2 rings (SSSR count). The van der Waals surface area contributed by atoms with Gasteiger partial charge < -0.3 is 10.4 Å².